The Bertz CT molecular complexity index is 931. The van der Waals surface area contributed by atoms with E-state index >= 15 is 0 Å². The van der Waals surface area contributed by atoms with Crippen LogP contribution in [0.2, 0.25) is 0 Å². The Kier molecular flexibility index (Phi) is 4.07. The van der Waals surface area contributed by atoms with Gasteiger partial charge in [0.1, 0.15) is 0 Å². The first-order chi connectivity index (χ1) is 11.9. The van der Waals surface area contributed by atoms with Crippen molar-refractivity contribution >= 4 is 27.8 Å². The maximum atomic E-state index is 4.60. The summed E-state index contributed by atoms with van der Waals surface area (Å²) in [5, 5.41) is 5.13. The summed E-state index contributed by atoms with van der Waals surface area (Å²) in [6.07, 6.45) is 2.90. The smallest absolute Gasteiger partial charge is 0.0636 e. The monoisotopic (exact) mass is 309 g/mol. The minimum Gasteiger partial charge on any atom is -0.292 e. The van der Waals surface area contributed by atoms with E-state index in [2.05, 4.69) is 89.9 Å². The summed E-state index contributed by atoms with van der Waals surface area (Å²) in [6, 6.07) is 30.1. The maximum absolute atomic E-state index is 4.60. The highest BCUT2D eigenvalue weighted by Gasteiger charge is 1.96. The van der Waals surface area contributed by atoms with Gasteiger partial charge in [-0.25, -0.2) is 0 Å². The van der Waals surface area contributed by atoms with Gasteiger partial charge in [0.25, 0.3) is 0 Å². The molecule has 0 atom stereocenters. The average Bonchev–Trinajstić information content (AvgIpc) is 2.65. The number of fused-ring (bicyclic) bond motifs is 2. The van der Waals surface area contributed by atoms with E-state index in [1.807, 2.05) is 6.21 Å². The van der Waals surface area contributed by atoms with E-state index in [0.29, 0.717) is 0 Å². The zero-order valence-electron chi connectivity index (χ0n) is 13.5. The Morgan fingerprint density at radius 1 is 0.583 bits per heavy atom. The number of aliphatic imine (C=N–C) groups is 1. The van der Waals surface area contributed by atoms with Crippen molar-refractivity contribution in [3.05, 3.63) is 96.1 Å². The molecule has 0 N–H and O–H groups in total. The molecule has 116 valence electrons. The maximum Gasteiger partial charge on any atom is 0.0636 e. The normalized spacial score (nSPS) is 11.5. The van der Waals surface area contributed by atoms with Gasteiger partial charge < -0.3 is 0 Å². The van der Waals surface area contributed by atoms with E-state index in [1.54, 1.807) is 0 Å². The summed E-state index contributed by atoms with van der Waals surface area (Å²) in [7, 11) is 0. The Morgan fingerprint density at radius 3 is 1.79 bits per heavy atom. The van der Waals surface area contributed by atoms with E-state index < -0.39 is 0 Å². The highest BCUT2D eigenvalue weighted by molar-refractivity contribution is 5.84. The molecule has 0 aliphatic heterocycles. The Morgan fingerprint density at radius 2 is 1.12 bits per heavy atom. The lowest BCUT2D eigenvalue weighted by Gasteiger charge is -2.02. The molecule has 24 heavy (non-hydrogen) atoms. The molecule has 4 rings (SSSR count). The number of rotatable bonds is 4. The van der Waals surface area contributed by atoms with Gasteiger partial charge in [-0.05, 0) is 38.7 Å². The third kappa shape index (κ3) is 3.21. The van der Waals surface area contributed by atoms with Gasteiger partial charge in [-0.1, -0.05) is 78.9 Å². The zero-order chi connectivity index (χ0) is 16.2. The molecule has 0 unspecified atom stereocenters. The van der Waals surface area contributed by atoms with Crippen LogP contribution in [0.5, 0.6) is 0 Å². The Balaban J connectivity index is 1.44. The molecule has 0 saturated heterocycles. The lowest BCUT2D eigenvalue weighted by molar-refractivity contribution is 1.07. The predicted octanol–water partition coefficient (Wildman–Crippen LogP) is 5.81. The SMILES string of the molecule is C(Cc1ccc2ccccc2c1)=NCc1ccc2ccccc2c1. The highest BCUT2D eigenvalue weighted by Crippen LogP contribution is 2.17. The summed E-state index contributed by atoms with van der Waals surface area (Å²) in [4.78, 5) is 4.60. The van der Waals surface area contributed by atoms with Gasteiger partial charge >= 0.3 is 0 Å². The number of hydrogen-bond acceptors (Lipinski definition) is 1. The molecule has 1 nitrogen and oxygen atoms in total. The summed E-state index contributed by atoms with van der Waals surface area (Å²) in [6.45, 7) is 0.735. The van der Waals surface area contributed by atoms with Crippen molar-refractivity contribution in [1.82, 2.24) is 0 Å². The van der Waals surface area contributed by atoms with Gasteiger partial charge in [0, 0.05) is 12.6 Å². The first-order valence-corrected chi connectivity index (χ1v) is 8.32. The first-order valence-electron chi connectivity index (χ1n) is 8.32. The Hall–Kier alpha value is -2.93. The van der Waals surface area contributed by atoms with Gasteiger partial charge in [-0.15, -0.1) is 0 Å². The van der Waals surface area contributed by atoms with Crippen molar-refractivity contribution in [2.45, 2.75) is 13.0 Å². The topological polar surface area (TPSA) is 12.4 Å². The van der Waals surface area contributed by atoms with Gasteiger partial charge in [-0.2, -0.15) is 0 Å². The van der Waals surface area contributed by atoms with Crippen molar-refractivity contribution in [3.63, 3.8) is 0 Å². The number of benzene rings is 4. The molecule has 0 aliphatic carbocycles. The second-order valence-electron chi connectivity index (χ2n) is 6.09. The third-order valence-electron chi connectivity index (χ3n) is 4.36. The van der Waals surface area contributed by atoms with Crippen LogP contribution in [0.4, 0.5) is 0 Å². The summed E-state index contributed by atoms with van der Waals surface area (Å²) < 4.78 is 0. The van der Waals surface area contributed by atoms with E-state index in [9.17, 15) is 0 Å². The molecule has 0 heterocycles. The Labute approximate surface area is 142 Å². The van der Waals surface area contributed by atoms with Crippen molar-refractivity contribution in [1.29, 1.82) is 0 Å². The number of nitrogens with zero attached hydrogens (tertiary/aromatic N) is 1. The molecule has 0 aromatic heterocycles. The molecule has 4 aromatic carbocycles. The van der Waals surface area contributed by atoms with E-state index in [0.717, 1.165) is 13.0 Å². The van der Waals surface area contributed by atoms with Gasteiger partial charge in [0.05, 0.1) is 6.54 Å². The molecule has 0 aliphatic rings. The third-order valence-corrected chi connectivity index (χ3v) is 4.36. The quantitative estimate of drug-likeness (QED) is 0.422. The first kappa shape index (κ1) is 14.6. The molecule has 0 saturated carbocycles. The van der Waals surface area contributed by atoms with E-state index in [1.165, 1.54) is 32.7 Å². The van der Waals surface area contributed by atoms with Crippen LogP contribution in [0.3, 0.4) is 0 Å². The minimum absolute atomic E-state index is 0.735. The lowest BCUT2D eigenvalue weighted by atomic mass is 10.1. The van der Waals surface area contributed by atoms with Crippen LogP contribution in [0.25, 0.3) is 21.5 Å². The zero-order valence-corrected chi connectivity index (χ0v) is 13.5. The van der Waals surface area contributed by atoms with Crippen LogP contribution >= 0.6 is 0 Å². The van der Waals surface area contributed by atoms with E-state index in [4.69, 9.17) is 0 Å². The molecule has 0 spiro atoms. The second kappa shape index (κ2) is 6.67. The van der Waals surface area contributed by atoms with Crippen molar-refractivity contribution in [2.24, 2.45) is 4.99 Å². The molecular formula is C23H19N. The van der Waals surface area contributed by atoms with Crippen LogP contribution in [0.15, 0.2) is 89.9 Å². The molecule has 0 amide bonds. The molecule has 4 aromatic rings. The molecule has 0 fully saturated rings. The summed E-state index contributed by atoms with van der Waals surface area (Å²) >= 11 is 0. The molecule has 0 bridgehead atoms. The van der Waals surface area contributed by atoms with Crippen LogP contribution in [-0.2, 0) is 13.0 Å². The van der Waals surface area contributed by atoms with Crippen molar-refractivity contribution in [2.75, 3.05) is 0 Å². The lowest BCUT2D eigenvalue weighted by Crippen LogP contribution is -1.88. The molecular weight excluding hydrogens is 290 g/mol. The standard InChI is InChI=1S/C23H19N/c1-3-7-22-15-18(9-11-20(22)5-1)13-14-24-17-19-10-12-21-6-2-4-8-23(21)16-19/h1-12,14-16H,13,17H2. The largest absolute Gasteiger partial charge is 0.292 e. The molecule has 0 radical (unpaired) electrons. The second-order valence-corrected chi connectivity index (χ2v) is 6.09. The molecule has 1 heteroatoms. The predicted molar refractivity (Wildman–Crippen MR) is 104 cm³/mol. The highest BCUT2D eigenvalue weighted by atomic mass is 14.7. The fraction of sp³-hybridized carbons (Fsp3) is 0.0870. The van der Waals surface area contributed by atoms with Crippen LogP contribution in [-0.4, -0.2) is 6.21 Å². The van der Waals surface area contributed by atoms with Gasteiger partial charge in [-0.3, -0.25) is 4.99 Å². The van der Waals surface area contributed by atoms with Crippen LogP contribution < -0.4 is 0 Å². The fourth-order valence-electron chi connectivity index (χ4n) is 3.04. The minimum atomic E-state index is 0.735. The fourth-order valence-corrected chi connectivity index (χ4v) is 3.04. The van der Waals surface area contributed by atoms with Crippen molar-refractivity contribution in [3.8, 4) is 0 Å². The van der Waals surface area contributed by atoms with Gasteiger partial charge in [0.15, 0.2) is 0 Å². The summed E-state index contributed by atoms with van der Waals surface area (Å²) in [5.74, 6) is 0. The van der Waals surface area contributed by atoms with Crippen molar-refractivity contribution < 1.29 is 0 Å². The van der Waals surface area contributed by atoms with E-state index in [-0.39, 0.29) is 0 Å². The average molecular weight is 309 g/mol. The van der Waals surface area contributed by atoms with Crippen LogP contribution in [0, 0.1) is 0 Å². The van der Waals surface area contributed by atoms with Gasteiger partial charge in [0.2, 0.25) is 0 Å². The number of hydrogen-bond donors (Lipinski definition) is 0. The summed E-state index contributed by atoms with van der Waals surface area (Å²) in [5.41, 5.74) is 2.56. The van der Waals surface area contributed by atoms with Crippen LogP contribution in [0.1, 0.15) is 11.1 Å².